The summed E-state index contributed by atoms with van der Waals surface area (Å²) in [5.74, 6) is 1.98. The molecule has 0 radical (unpaired) electrons. The molecule has 0 fully saturated rings. The maximum atomic E-state index is 12.3. The summed E-state index contributed by atoms with van der Waals surface area (Å²) in [7, 11) is 5.02. The van der Waals surface area contributed by atoms with Crippen LogP contribution in [0.1, 0.15) is 42.9 Å². The Kier molecular flexibility index (Phi) is 5.84. The third-order valence-corrected chi connectivity index (χ3v) is 4.07. The SMILES string of the molecule is COc1cc(C)c([C@H](C)NC(=O)N[C@H](C)c2nncn2C)cc1OC. The first kappa shape index (κ1) is 18.6. The Morgan fingerprint density at radius 1 is 1.12 bits per heavy atom. The average Bonchev–Trinajstić information content (AvgIpc) is 3.00. The Morgan fingerprint density at radius 3 is 2.28 bits per heavy atom. The summed E-state index contributed by atoms with van der Waals surface area (Å²) in [6, 6.07) is 3.03. The highest BCUT2D eigenvalue weighted by Crippen LogP contribution is 2.32. The van der Waals surface area contributed by atoms with E-state index in [9.17, 15) is 4.79 Å². The van der Waals surface area contributed by atoms with Gasteiger partial charge in [0.25, 0.3) is 0 Å². The lowest BCUT2D eigenvalue weighted by Gasteiger charge is -2.21. The van der Waals surface area contributed by atoms with Gasteiger partial charge >= 0.3 is 6.03 Å². The first-order valence-electron chi connectivity index (χ1n) is 8.00. The maximum absolute atomic E-state index is 12.3. The smallest absolute Gasteiger partial charge is 0.315 e. The van der Waals surface area contributed by atoms with E-state index in [2.05, 4.69) is 20.8 Å². The number of urea groups is 1. The van der Waals surface area contributed by atoms with E-state index in [1.165, 1.54) is 0 Å². The lowest BCUT2D eigenvalue weighted by molar-refractivity contribution is 0.234. The highest BCUT2D eigenvalue weighted by molar-refractivity contribution is 5.75. The van der Waals surface area contributed by atoms with E-state index in [1.54, 1.807) is 25.1 Å². The number of amides is 2. The van der Waals surface area contributed by atoms with Gasteiger partial charge in [-0.25, -0.2) is 4.79 Å². The molecule has 0 saturated heterocycles. The molecule has 0 spiro atoms. The Morgan fingerprint density at radius 2 is 1.72 bits per heavy atom. The van der Waals surface area contributed by atoms with Crippen molar-refractivity contribution >= 4 is 6.03 Å². The first-order valence-corrected chi connectivity index (χ1v) is 8.00. The number of carbonyl (C=O) groups is 1. The van der Waals surface area contributed by atoms with Crippen molar-refractivity contribution in [3.63, 3.8) is 0 Å². The Hall–Kier alpha value is -2.77. The van der Waals surface area contributed by atoms with Gasteiger partial charge in [0.2, 0.25) is 0 Å². The van der Waals surface area contributed by atoms with Crippen LogP contribution in [0.5, 0.6) is 11.5 Å². The molecular weight excluding hydrogens is 322 g/mol. The molecule has 2 atom stereocenters. The minimum absolute atomic E-state index is 0.202. The molecule has 136 valence electrons. The first-order chi connectivity index (χ1) is 11.9. The average molecular weight is 347 g/mol. The number of benzene rings is 1. The van der Waals surface area contributed by atoms with Gasteiger partial charge in [-0.1, -0.05) is 0 Å². The second-order valence-electron chi connectivity index (χ2n) is 5.92. The lowest BCUT2D eigenvalue weighted by Crippen LogP contribution is -2.39. The number of aromatic nitrogens is 3. The number of hydrogen-bond donors (Lipinski definition) is 2. The Balaban J connectivity index is 2.07. The summed E-state index contributed by atoms with van der Waals surface area (Å²) in [6.45, 7) is 5.74. The zero-order valence-electron chi connectivity index (χ0n) is 15.5. The van der Waals surface area contributed by atoms with E-state index < -0.39 is 0 Å². The number of rotatable bonds is 6. The second kappa shape index (κ2) is 7.87. The topological polar surface area (TPSA) is 90.3 Å². The molecule has 0 aliphatic carbocycles. The van der Waals surface area contributed by atoms with Crippen molar-refractivity contribution < 1.29 is 14.3 Å². The van der Waals surface area contributed by atoms with Crippen LogP contribution in [0.25, 0.3) is 0 Å². The van der Waals surface area contributed by atoms with Crippen LogP contribution in [0.3, 0.4) is 0 Å². The number of nitrogens with zero attached hydrogens (tertiary/aromatic N) is 3. The van der Waals surface area contributed by atoms with E-state index in [0.29, 0.717) is 17.3 Å². The molecule has 8 nitrogen and oxygen atoms in total. The zero-order chi connectivity index (χ0) is 18.6. The minimum Gasteiger partial charge on any atom is -0.493 e. The number of carbonyl (C=O) groups excluding carboxylic acids is 1. The fraction of sp³-hybridized carbons (Fsp3) is 0.471. The lowest BCUT2D eigenvalue weighted by atomic mass is 10.0. The number of hydrogen-bond acceptors (Lipinski definition) is 5. The molecule has 1 aromatic carbocycles. The van der Waals surface area contributed by atoms with Crippen molar-refractivity contribution in [1.29, 1.82) is 0 Å². The molecule has 2 amide bonds. The number of nitrogens with one attached hydrogen (secondary N) is 2. The van der Waals surface area contributed by atoms with Gasteiger partial charge in [0.15, 0.2) is 17.3 Å². The zero-order valence-corrected chi connectivity index (χ0v) is 15.5. The summed E-state index contributed by atoms with van der Waals surface area (Å²) in [6.07, 6.45) is 1.60. The maximum Gasteiger partial charge on any atom is 0.315 e. The van der Waals surface area contributed by atoms with Crippen molar-refractivity contribution in [3.05, 3.63) is 35.4 Å². The van der Waals surface area contributed by atoms with Gasteiger partial charge in [0.05, 0.1) is 26.3 Å². The van der Waals surface area contributed by atoms with Crippen molar-refractivity contribution in [1.82, 2.24) is 25.4 Å². The summed E-state index contributed by atoms with van der Waals surface area (Å²) in [4.78, 5) is 12.3. The van der Waals surface area contributed by atoms with Crippen LogP contribution in [0, 0.1) is 6.92 Å². The fourth-order valence-corrected chi connectivity index (χ4v) is 2.72. The highest BCUT2D eigenvalue weighted by Gasteiger charge is 2.18. The molecule has 0 saturated carbocycles. The van der Waals surface area contributed by atoms with Gasteiger partial charge in [0.1, 0.15) is 6.33 Å². The van der Waals surface area contributed by atoms with Crippen LogP contribution >= 0.6 is 0 Å². The number of methoxy groups -OCH3 is 2. The standard InChI is InChI=1S/C17H25N5O3/c1-10-7-14(24-5)15(25-6)8-13(10)11(2)19-17(23)20-12(3)16-21-18-9-22(16)4/h7-9,11-12H,1-6H3,(H2,19,20,23)/t11-,12+/m0/s1. The molecule has 0 unspecified atom stereocenters. The van der Waals surface area contributed by atoms with Crippen LogP contribution in [0.2, 0.25) is 0 Å². The fourth-order valence-electron chi connectivity index (χ4n) is 2.72. The molecular formula is C17H25N5O3. The summed E-state index contributed by atoms with van der Waals surface area (Å²) < 4.78 is 12.4. The van der Waals surface area contributed by atoms with E-state index in [1.807, 2.05) is 40.0 Å². The van der Waals surface area contributed by atoms with E-state index in [-0.39, 0.29) is 18.1 Å². The van der Waals surface area contributed by atoms with Crippen molar-refractivity contribution in [3.8, 4) is 11.5 Å². The normalized spacial score (nSPS) is 13.0. The van der Waals surface area contributed by atoms with Crippen LogP contribution in [-0.2, 0) is 7.05 Å². The van der Waals surface area contributed by atoms with Crippen molar-refractivity contribution in [2.45, 2.75) is 32.9 Å². The highest BCUT2D eigenvalue weighted by atomic mass is 16.5. The summed E-state index contributed by atoms with van der Waals surface area (Å²) >= 11 is 0. The monoisotopic (exact) mass is 347 g/mol. The van der Waals surface area contributed by atoms with E-state index in [4.69, 9.17) is 9.47 Å². The molecule has 2 N–H and O–H groups in total. The Labute approximate surface area is 147 Å². The second-order valence-corrected chi connectivity index (χ2v) is 5.92. The molecule has 1 heterocycles. The van der Waals surface area contributed by atoms with Gasteiger partial charge in [-0.15, -0.1) is 10.2 Å². The third-order valence-electron chi connectivity index (χ3n) is 4.07. The quantitative estimate of drug-likeness (QED) is 0.836. The largest absolute Gasteiger partial charge is 0.493 e. The van der Waals surface area contributed by atoms with Crippen LogP contribution in [0.15, 0.2) is 18.5 Å². The Bertz CT molecular complexity index is 744. The molecule has 0 bridgehead atoms. The van der Waals surface area contributed by atoms with Gasteiger partial charge < -0.3 is 24.7 Å². The molecule has 0 aliphatic heterocycles. The van der Waals surface area contributed by atoms with Crippen molar-refractivity contribution in [2.24, 2.45) is 7.05 Å². The summed E-state index contributed by atoms with van der Waals surface area (Å²) in [5, 5.41) is 13.6. The van der Waals surface area contributed by atoms with Crippen molar-refractivity contribution in [2.75, 3.05) is 14.2 Å². The minimum atomic E-state index is -0.280. The predicted molar refractivity (Wildman–Crippen MR) is 93.8 cm³/mol. The van der Waals surface area contributed by atoms with Gasteiger partial charge in [-0.3, -0.25) is 0 Å². The van der Waals surface area contributed by atoms with Crippen LogP contribution in [-0.4, -0.2) is 35.0 Å². The van der Waals surface area contributed by atoms with E-state index >= 15 is 0 Å². The summed E-state index contributed by atoms with van der Waals surface area (Å²) in [5.41, 5.74) is 1.96. The number of ether oxygens (including phenoxy) is 2. The van der Waals surface area contributed by atoms with Gasteiger partial charge in [0, 0.05) is 7.05 Å². The van der Waals surface area contributed by atoms with Crippen LogP contribution in [0.4, 0.5) is 4.79 Å². The third kappa shape index (κ3) is 4.20. The van der Waals surface area contributed by atoms with Crippen LogP contribution < -0.4 is 20.1 Å². The molecule has 25 heavy (non-hydrogen) atoms. The predicted octanol–water partition coefficient (Wildman–Crippen LogP) is 2.26. The molecule has 8 heteroatoms. The molecule has 0 aliphatic rings. The number of aryl methyl sites for hydroxylation is 2. The van der Waals surface area contributed by atoms with Gasteiger partial charge in [-0.05, 0) is 44.0 Å². The molecule has 1 aromatic heterocycles. The molecule has 2 aromatic rings. The molecule has 2 rings (SSSR count). The van der Waals surface area contributed by atoms with Gasteiger partial charge in [-0.2, -0.15) is 0 Å². The van der Waals surface area contributed by atoms with E-state index in [0.717, 1.165) is 11.1 Å².